The summed E-state index contributed by atoms with van der Waals surface area (Å²) in [5.74, 6) is 1.20. The molecule has 2 heteroatoms. The van der Waals surface area contributed by atoms with E-state index in [9.17, 15) is 5.11 Å². The highest BCUT2D eigenvalue weighted by Gasteiger charge is 2.31. The highest BCUT2D eigenvalue weighted by Crippen LogP contribution is 2.37. The minimum atomic E-state index is 0.239. The Labute approximate surface area is 110 Å². The van der Waals surface area contributed by atoms with Gasteiger partial charge in [-0.1, -0.05) is 43.7 Å². The van der Waals surface area contributed by atoms with Crippen LogP contribution in [0.5, 0.6) is 0 Å². The minimum Gasteiger partial charge on any atom is -0.395 e. The Morgan fingerprint density at radius 3 is 2.61 bits per heavy atom. The van der Waals surface area contributed by atoms with Crippen molar-refractivity contribution in [3.63, 3.8) is 0 Å². The van der Waals surface area contributed by atoms with Crippen LogP contribution >= 0.6 is 0 Å². The van der Waals surface area contributed by atoms with E-state index >= 15 is 0 Å². The molecule has 0 aromatic heterocycles. The summed E-state index contributed by atoms with van der Waals surface area (Å²) in [5, 5.41) is 12.9. The van der Waals surface area contributed by atoms with Crippen molar-refractivity contribution >= 4 is 0 Å². The van der Waals surface area contributed by atoms with Gasteiger partial charge >= 0.3 is 0 Å². The van der Waals surface area contributed by atoms with Crippen molar-refractivity contribution in [2.45, 2.75) is 51.6 Å². The fourth-order valence-electron chi connectivity index (χ4n) is 2.71. The second-order valence-corrected chi connectivity index (χ2v) is 5.98. The maximum Gasteiger partial charge on any atom is 0.0587 e. The van der Waals surface area contributed by atoms with Gasteiger partial charge in [0.1, 0.15) is 0 Å². The van der Waals surface area contributed by atoms with Crippen LogP contribution in [0.2, 0.25) is 0 Å². The third-order valence-electron chi connectivity index (χ3n) is 4.10. The maximum atomic E-state index is 9.32. The molecule has 0 aliphatic heterocycles. The van der Waals surface area contributed by atoms with Crippen LogP contribution in [-0.4, -0.2) is 23.8 Å². The molecule has 1 fully saturated rings. The van der Waals surface area contributed by atoms with Gasteiger partial charge in [0.05, 0.1) is 6.61 Å². The Balaban J connectivity index is 1.83. The van der Waals surface area contributed by atoms with Gasteiger partial charge in [-0.25, -0.2) is 0 Å². The Kier molecular flexibility index (Phi) is 4.41. The monoisotopic (exact) mass is 247 g/mol. The average Bonchev–Trinajstić information content (AvgIpc) is 2.27. The van der Waals surface area contributed by atoms with Crippen molar-refractivity contribution < 1.29 is 5.11 Å². The Morgan fingerprint density at radius 1 is 1.33 bits per heavy atom. The van der Waals surface area contributed by atoms with Crippen molar-refractivity contribution in [2.75, 3.05) is 6.61 Å². The van der Waals surface area contributed by atoms with E-state index < -0.39 is 0 Å². The summed E-state index contributed by atoms with van der Waals surface area (Å²) < 4.78 is 0. The SMILES string of the molecule is Cc1cccc(C2CC(NC(CO)C(C)C)C2)c1. The predicted octanol–water partition coefficient (Wildman–Crippen LogP) is 2.85. The summed E-state index contributed by atoms with van der Waals surface area (Å²) in [5.41, 5.74) is 2.82. The molecule has 0 radical (unpaired) electrons. The maximum absolute atomic E-state index is 9.32. The molecule has 1 atom stereocenters. The highest BCUT2D eigenvalue weighted by molar-refractivity contribution is 5.27. The van der Waals surface area contributed by atoms with Crippen molar-refractivity contribution in [3.05, 3.63) is 35.4 Å². The van der Waals surface area contributed by atoms with Gasteiger partial charge in [-0.15, -0.1) is 0 Å². The van der Waals surface area contributed by atoms with Gasteiger partial charge in [-0.05, 0) is 37.2 Å². The molecule has 1 saturated carbocycles. The van der Waals surface area contributed by atoms with Gasteiger partial charge in [0.2, 0.25) is 0 Å². The summed E-state index contributed by atoms with van der Waals surface area (Å²) >= 11 is 0. The molecular formula is C16H25NO. The number of benzene rings is 1. The number of nitrogens with one attached hydrogen (secondary N) is 1. The van der Waals surface area contributed by atoms with Crippen molar-refractivity contribution in [1.29, 1.82) is 0 Å². The van der Waals surface area contributed by atoms with E-state index in [1.165, 1.54) is 24.0 Å². The second-order valence-electron chi connectivity index (χ2n) is 5.98. The third-order valence-corrected chi connectivity index (χ3v) is 4.10. The number of aliphatic hydroxyl groups excluding tert-OH is 1. The lowest BCUT2D eigenvalue weighted by Gasteiger charge is -2.39. The minimum absolute atomic E-state index is 0.239. The van der Waals surface area contributed by atoms with Gasteiger partial charge in [-0.3, -0.25) is 0 Å². The lowest BCUT2D eigenvalue weighted by atomic mass is 9.75. The zero-order chi connectivity index (χ0) is 13.1. The van der Waals surface area contributed by atoms with E-state index in [1.54, 1.807) is 0 Å². The molecule has 2 nitrogen and oxygen atoms in total. The first-order valence-electron chi connectivity index (χ1n) is 7.03. The highest BCUT2D eigenvalue weighted by atomic mass is 16.3. The molecule has 0 amide bonds. The van der Waals surface area contributed by atoms with Gasteiger partial charge < -0.3 is 10.4 Å². The lowest BCUT2D eigenvalue weighted by molar-refractivity contribution is 0.169. The van der Waals surface area contributed by atoms with Crippen LogP contribution < -0.4 is 5.32 Å². The summed E-state index contributed by atoms with van der Waals surface area (Å²) in [4.78, 5) is 0. The second kappa shape index (κ2) is 5.85. The Hall–Kier alpha value is -0.860. The standard InChI is InChI=1S/C16H25NO/c1-11(2)16(10-18)17-15-8-14(9-15)13-6-4-5-12(3)7-13/h4-7,11,14-18H,8-10H2,1-3H3. The van der Waals surface area contributed by atoms with E-state index in [2.05, 4.69) is 50.4 Å². The molecule has 18 heavy (non-hydrogen) atoms. The van der Waals surface area contributed by atoms with Crippen LogP contribution in [-0.2, 0) is 0 Å². The first kappa shape index (κ1) is 13.6. The molecule has 1 aromatic carbocycles. The van der Waals surface area contributed by atoms with Crippen LogP contribution in [0.25, 0.3) is 0 Å². The molecule has 1 aromatic rings. The molecule has 1 aliphatic carbocycles. The molecule has 2 N–H and O–H groups in total. The van der Waals surface area contributed by atoms with Crippen molar-refractivity contribution in [1.82, 2.24) is 5.32 Å². The summed E-state index contributed by atoms with van der Waals surface area (Å²) in [6.07, 6.45) is 2.40. The zero-order valence-electron chi connectivity index (χ0n) is 11.7. The van der Waals surface area contributed by atoms with Crippen molar-refractivity contribution in [2.24, 2.45) is 5.92 Å². The van der Waals surface area contributed by atoms with E-state index in [0.717, 1.165) is 0 Å². The number of aryl methyl sites for hydroxylation is 1. The number of rotatable bonds is 5. The first-order chi connectivity index (χ1) is 8.60. The topological polar surface area (TPSA) is 32.3 Å². The largest absolute Gasteiger partial charge is 0.395 e. The van der Waals surface area contributed by atoms with Gasteiger partial charge in [0, 0.05) is 12.1 Å². The van der Waals surface area contributed by atoms with Crippen LogP contribution in [0.1, 0.15) is 43.7 Å². The third kappa shape index (κ3) is 3.12. The van der Waals surface area contributed by atoms with Crippen LogP contribution in [0, 0.1) is 12.8 Å². The fraction of sp³-hybridized carbons (Fsp3) is 0.625. The molecule has 0 spiro atoms. The summed E-state index contributed by atoms with van der Waals surface area (Å²) in [6, 6.07) is 9.66. The number of aliphatic hydroxyl groups is 1. The van der Waals surface area contributed by atoms with Gasteiger partial charge in [0.15, 0.2) is 0 Å². The fourth-order valence-corrected chi connectivity index (χ4v) is 2.71. The van der Waals surface area contributed by atoms with Crippen molar-refractivity contribution in [3.8, 4) is 0 Å². The van der Waals surface area contributed by atoms with E-state index in [0.29, 0.717) is 17.9 Å². The van der Waals surface area contributed by atoms with Crippen LogP contribution in [0.3, 0.4) is 0 Å². The van der Waals surface area contributed by atoms with E-state index in [-0.39, 0.29) is 12.6 Å². The number of hydrogen-bond donors (Lipinski definition) is 2. The lowest BCUT2D eigenvalue weighted by Crippen LogP contribution is -2.49. The predicted molar refractivity (Wildman–Crippen MR) is 75.8 cm³/mol. The molecule has 100 valence electrons. The normalized spacial score (nSPS) is 24.9. The van der Waals surface area contributed by atoms with E-state index in [4.69, 9.17) is 0 Å². The van der Waals surface area contributed by atoms with Crippen LogP contribution in [0.15, 0.2) is 24.3 Å². The number of hydrogen-bond acceptors (Lipinski definition) is 2. The molecular weight excluding hydrogens is 222 g/mol. The first-order valence-corrected chi connectivity index (χ1v) is 7.03. The average molecular weight is 247 g/mol. The van der Waals surface area contributed by atoms with Gasteiger partial charge in [-0.2, -0.15) is 0 Å². The Morgan fingerprint density at radius 2 is 2.06 bits per heavy atom. The molecule has 0 heterocycles. The smallest absolute Gasteiger partial charge is 0.0587 e. The summed E-state index contributed by atoms with van der Waals surface area (Å²) in [6.45, 7) is 6.71. The van der Waals surface area contributed by atoms with E-state index in [1.807, 2.05) is 0 Å². The molecule has 1 aliphatic rings. The quantitative estimate of drug-likeness (QED) is 0.838. The van der Waals surface area contributed by atoms with Crippen LogP contribution in [0.4, 0.5) is 0 Å². The molecule has 1 unspecified atom stereocenters. The molecule has 0 saturated heterocycles. The molecule has 2 rings (SSSR count). The zero-order valence-corrected chi connectivity index (χ0v) is 11.7. The Bertz CT molecular complexity index is 382. The van der Waals surface area contributed by atoms with Gasteiger partial charge in [0.25, 0.3) is 0 Å². The molecule has 0 bridgehead atoms. The summed E-state index contributed by atoms with van der Waals surface area (Å²) in [7, 11) is 0.